The first kappa shape index (κ1) is 18.3. The molecule has 0 aromatic heterocycles. The van der Waals surface area contributed by atoms with Crippen molar-refractivity contribution in [2.75, 3.05) is 41.3 Å². The van der Waals surface area contributed by atoms with E-state index in [1.54, 1.807) is 28.2 Å². The van der Waals surface area contributed by atoms with E-state index in [1.807, 2.05) is 0 Å². The number of guanidine groups is 1. The van der Waals surface area contributed by atoms with Crippen LogP contribution in [0.4, 0.5) is 0 Å². The minimum atomic E-state index is -0.0660. The van der Waals surface area contributed by atoms with Gasteiger partial charge >= 0.3 is 0 Å². The number of carbonyl (C=O) groups excluding carboxylic acids is 2. The van der Waals surface area contributed by atoms with E-state index >= 15 is 0 Å². The van der Waals surface area contributed by atoms with Crippen LogP contribution in [0.15, 0.2) is 4.99 Å². The first-order chi connectivity index (χ1) is 10.4. The van der Waals surface area contributed by atoms with Crippen LogP contribution < -0.4 is 10.6 Å². The Morgan fingerprint density at radius 3 is 2.14 bits per heavy atom. The molecule has 1 saturated carbocycles. The Balaban J connectivity index is 2.60. The fourth-order valence-electron chi connectivity index (χ4n) is 2.20. The molecule has 1 aliphatic carbocycles. The smallest absolute Gasteiger partial charge is 0.243 e. The van der Waals surface area contributed by atoms with E-state index in [0.717, 1.165) is 12.8 Å². The number of nitrogens with one attached hydrogen (secondary N) is 2. The molecule has 1 fully saturated rings. The molecule has 0 aromatic carbocycles. The Kier molecular flexibility index (Phi) is 7.70. The quantitative estimate of drug-likeness (QED) is 0.555. The van der Waals surface area contributed by atoms with Crippen LogP contribution in [-0.4, -0.2) is 74.9 Å². The van der Waals surface area contributed by atoms with Crippen LogP contribution in [-0.2, 0) is 9.59 Å². The lowest BCUT2D eigenvalue weighted by Gasteiger charge is -2.25. The van der Waals surface area contributed by atoms with Gasteiger partial charge in [-0.15, -0.1) is 0 Å². The fourth-order valence-corrected chi connectivity index (χ4v) is 2.20. The molecular weight excluding hydrogens is 282 g/mol. The number of hydrogen-bond acceptors (Lipinski definition) is 3. The predicted octanol–water partition coefficient (Wildman–Crippen LogP) is 0.0307. The number of amides is 2. The highest BCUT2D eigenvalue weighted by Gasteiger charge is 2.16. The normalized spacial score (nSPS) is 16.1. The summed E-state index contributed by atoms with van der Waals surface area (Å²) < 4.78 is 0. The average molecular weight is 311 g/mol. The predicted molar refractivity (Wildman–Crippen MR) is 87.7 cm³/mol. The standard InChI is InChI=1S/C15H29N5O2/c1-19(2)13(21)10-16-15(17-11-14(22)20(3)4)18-12-8-6-5-7-9-12/h12H,5-11H2,1-4H3,(H2,16,17,18). The Hall–Kier alpha value is -1.79. The third kappa shape index (κ3) is 6.78. The highest BCUT2D eigenvalue weighted by Crippen LogP contribution is 2.17. The highest BCUT2D eigenvalue weighted by molar-refractivity contribution is 5.88. The summed E-state index contributed by atoms with van der Waals surface area (Å²) in [4.78, 5) is 30.7. The number of aliphatic imine (C=N–C) groups is 1. The van der Waals surface area contributed by atoms with E-state index in [4.69, 9.17) is 0 Å². The molecular formula is C15H29N5O2. The van der Waals surface area contributed by atoms with Gasteiger partial charge in [-0.05, 0) is 12.8 Å². The molecule has 0 aliphatic heterocycles. The Morgan fingerprint density at radius 2 is 1.59 bits per heavy atom. The molecule has 0 radical (unpaired) electrons. The Labute approximate surface area is 133 Å². The third-order valence-electron chi connectivity index (χ3n) is 3.72. The van der Waals surface area contributed by atoms with Gasteiger partial charge in [-0.3, -0.25) is 9.59 Å². The summed E-state index contributed by atoms with van der Waals surface area (Å²) in [5.74, 6) is 0.443. The Morgan fingerprint density at radius 1 is 1.00 bits per heavy atom. The molecule has 0 atom stereocenters. The van der Waals surface area contributed by atoms with Crippen molar-refractivity contribution in [1.82, 2.24) is 20.4 Å². The van der Waals surface area contributed by atoms with Gasteiger partial charge in [0.05, 0.1) is 6.54 Å². The van der Waals surface area contributed by atoms with Gasteiger partial charge in [0, 0.05) is 34.2 Å². The van der Waals surface area contributed by atoms with E-state index in [-0.39, 0.29) is 24.9 Å². The van der Waals surface area contributed by atoms with Gasteiger partial charge in [0.2, 0.25) is 11.8 Å². The van der Waals surface area contributed by atoms with Crippen LogP contribution >= 0.6 is 0 Å². The van der Waals surface area contributed by atoms with Crippen LogP contribution in [0, 0.1) is 0 Å². The molecule has 2 N–H and O–H groups in total. The van der Waals surface area contributed by atoms with Gasteiger partial charge in [0.1, 0.15) is 6.54 Å². The van der Waals surface area contributed by atoms with Crippen LogP contribution in [0.2, 0.25) is 0 Å². The molecule has 0 unspecified atom stereocenters. The highest BCUT2D eigenvalue weighted by atomic mass is 16.2. The monoisotopic (exact) mass is 311 g/mol. The maximum Gasteiger partial charge on any atom is 0.243 e. The molecule has 1 rings (SSSR count). The Bertz CT molecular complexity index is 401. The number of nitrogens with zero attached hydrogens (tertiary/aromatic N) is 3. The second kappa shape index (κ2) is 9.27. The van der Waals surface area contributed by atoms with Crippen molar-refractivity contribution in [2.24, 2.45) is 4.99 Å². The van der Waals surface area contributed by atoms with Gasteiger partial charge in [0.15, 0.2) is 5.96 Å². The molecule has 0 aromatic rings. The zero-order valence-electron chi connectivity index (χ0n) is 14.2. The molecule has 126 valence electrons. The first-order valence-corrected chi connectivity index (χ1v) is 7.85. The minimum Gasteiger partial charge on any atom is -0.354 e. The van der Waals surface area contributed by atoms with Crippen molar-refractivity contribution in [2.45, 2.75) is 38.1 Å². The maximum atomic E-state index is 11.7. The van der Waals surface area contributed by atoms with Gasteiger partial charge in [-0.25, -0.2) is 4.99 Å². The van der Waals surface area contributed by atoms with Gasteiger partial charge in [0.25, 0.3) is 0 Å². The summed E-state index contributed by atoms with van der Waals surface area (Å²) in [6.07, 6.45) is 5.89. The second-order valence-electron chi connectivity index (χ2n) is 6.07. The zero-order valence-corrected chi connectivity index (χ0v) is 14.2. The van der Waals surface area contributed by atoms with Crippen molar-refractivity contribution in [3.8, 4) is 0 Å². The molecule has 7 nitrogen and oxygen atoms in total. The number of likely N-dealkylation sites (N-methyl/N-ethyl adjacent to an activating group) is 2. The second-order valence-corrected chi connectivity index (χ2v) is 6.07. The van der Waals surface area contributed by atoms with Crippen LogP contribution in [0.3, 0.4) is 0 Å². The van der Waals surface area contributed by atoms with E-state index in [1.165, 1.54) is 29.1 Å². The molecule has 0 saturated heterocycles. The van der Waals surface area contributed by atoms with E-state index in [2.05, 4.69) is 15.6 Å². The van der Waals surface area contributed by atoms with Crippen molar-refractivity contribution in [3.63, 3.8) is 0 Å². The molecule has 7 heteroatoms. The lowest BCUT2D eigenvalue weighted by Crippen LogP contribution is -2.47. The first-order valence-electron chi connectivity index (χ1n) is 7.85. The molecule has 0 spiro atoms. The fraction of sp³-hybridized carbons (Fsp3) is 0.800. The molecule has 0 heterocycles. The number of carbonyl (C=O) groups is 2. The number of rotatable bonds is 5. The number of hydrogen-bond donors (Lipinski definition) is 2. The molecule has 0 bridgehead atoms. The molecule has 2 amide bonds. The van der Waals surface area contributed by atoms with Crippen molar-refractivity contribution in [1.29, 1.82) is 0 Å². The third-order valence-corrected chi connectivity index (χ3v) is 3.72. The minimum absolute atomic E-state index is 0.0305. The summed E-state index contributed by atoms with van der Waals surface area (Å²) in [7, 11) is 6.83. The maximum absolute atomic E-state index is 11.7. The molecule has 22 heavy (non-hydrogen) atoms. The summed E-state index contributed by atoms with van der Waals surface area (Å²) >= 11 is 0. The topological polar surface area (TPSA) is 77.0 Å². The summed E-state index contributed by atoms with van der Waals surface area (Å²) in [6.45, 7) is 0.243. The largest absolute Gasteiger partial charge is 0.354 e. The average Bonchev–Trinajstić information content (AvgIpc) is 2.49. The molecule has 1 aliphatic rings. The van der Waals surface area contributed by atoms with E-state index in [9.17, 15) is 9.59 Å². The van der Waals surface area contributed by atoms with E-state index in [0.29, 0.717) is 12.0 Å². The van der Waals surface area contributed by atoms with Gasteiger partial charge in [-0.1, -0.05) is 19.3 Å². The lowest BCUT2D eigenvalue weighted by molar-refractivity contribution is -0.127. The van der Waals surface area contributed by atoms with Gasteiger partial charge in [-0.2, -0.15) is 0 Å². The lowest BCUT2D eigenvalue weighted by atomic mass is 9.96. The summed E-state index contributed by atoms with van der Waals surface area (Å²) in [6, 6.07) is 0.365. The van der Waals surface area contributed by atoms with Crippen LogP contribution in [0.1, 0.15) is 32.1 Å². The van der Waals surface area contributed by atoms with Crippen molar-refractivity contribution >= 4 is 17.8 Å². The summed E-state index contributed by atoms with van der Waals surface area (Å²) in [5.41, 5.74) is 0. The zero-order chi connectivity index (χ0) is 16.5. The van der Waals surface area contributed by atoms with Crippen molar-refractivity contribution in [3.05, 3.63) is 0 Å². The SMILES string of the molecule is CN(C)C(=O)CN=C(NCC(=O)N(C)C)NC1CCCCC1. The van der Waals surface area contributed by atoms with E-state index < -0.39 is 0 Å². The van der Waals surface area contributed by atoms with Crippen LogP contribution in [0.25, 0.3) is 0 Å². The summed E-state index contributed by atoms with van der Waals surface area (Å²) in [5, 5.41) is 6.36. The van der Waals surface area contributed by atoms with Crippen molar-refractivity contribution < 1.29 is 9.59 Å². The van der Waals surface area contributed by atoms with Gasteiger partial charge < -0.3 is 20.4 Å². The van der Waals surface area contributed by atoms with Crippen LogP contribution in [0.5, 0.6) is 0 Å².